The normalized spacial score (nSPS) is 14.1. The van der Waals surface area contributed by atoms with E-state index in [4.69, 9.17) is 4.42 Å². The molecule has 10 heteroatoms. The van der Waals surface area contributed by atoms with Gasteiger partial charge in [-0.05, 0) is 66.8 Å². The van der Waals surface area contributed by atoms with Gasteiger partial charge in [-0.2, -0.15) is 0 Å². The number of carbonyl (C=O) groups excluding carboxylic acids is 1. The van der Waals surface area contributed by atoms with E-state index in [1.807, 2.05) is 0 Å². The van der Waals surface area contributed by atoms with Gasteiger partial charge in [0.2, 0.25) is 0 Å². The zero-order valence-corrected chi connectivity index (χ0v) is 21.5. The molecule has 0 spiro atoms. The monoisotopic (exact) mass is 574 g/mol. The lowest BCUT2D eigenvalue weighted by Crippen LogP contribution is -2.26. The Morgan fingerprint density at radius 3 is 2.50 bits per heavy atom. The molecular weight excluding hydrogens is 554 g/mol. The lowest BCUT2D eigenvalue weighted by atomic mass is 10.00. The van der Waals surface area contributed by atoms with E-state index >= 15 is 0 Å². The van der Waals surface area contributed by atoms with Gasteiger partial charge in [0, 0.05) is 34.1 Å². The van der Waals surface area contributed by atoms with Crippen molar-refractivity contribution >= 4 is 49.8 Å². The Bertz CT molecular complexity index is 1500. The first-order valence-electron chi connectivity index (χ1n) is 11.2. The van der Waals surface area contributed by atoms with E-state index in [-0.39, 0.29) is 29.7 Å². The van der Waals surface area contributed by atoms with E-state index in [9.17, 15) is 22.3 Å². The summed E-state index contributed by atoms with van der Waals surface area (Å²) in [4.78, 5) is 12.9. The van der Waals surface area contributed by atoms with Gasteiger partial charge in [-0.25, -0.2) is 13.0 Å². The predicted octanol–water partition coefficient (Wildman–Crippen LogP) is 6.52. The maximum absolute atomic E-state index is 14.6. The first-order valence-corrected chi connectivity index (χ1v) is 13.0. The molecule has 1 fully saturated rings. The van der Waals surface area contributed by atoms with Gasteiger partial charge in [-0.1, -0.05) is 22.0 Å². The van der Waals surface area contributed by atoms with E-state index in [0.717, 1.165) is 18.4 Å². The van der Waals surface area contributed by atoms with Gasteiger partial charge in [0.1, 0.15) is 23.0 Å². The molecule has 0 bridgehead atoms. The third kappa shape index (κ3) is 4.68. The number of amides is 1. The molecule has 1 aromatic heterocycles. The summed E-state index contributed by atoms with van der Waals surface area (Å²) in [6, 6.07) is 13.5. The van der Waals surface area contributed by atoms with Gasteiger partial charge in [0.25, 0.3) is 17.2 Å². The Balaban J connectivity index is 1.69. The van der Waals surface area contributed by atoms with Crippen LogP contribution in [-0.4, -0.2) is 21.7 Å². The molecule has 4 aromatic rings. The lowest BCUT2D eigenvalue weighted by molar-refractivity contribution is 0.0964. The summed E-state index contributed by atoms with van der Waals surface area (Å²) < 4.78 is 58.6. The van der Waals surface area contributed by atoms with E-state index in [0.29, 0.717) is 32.3 Å². The smallest absolute Gasteiger partial charge is 0.262 e. The van der Waals surface area contributed by atoms with Crippen LogP contribution < -0.4 is 9.62 Å². The maximum atomic E-state index is 14.6. The highest BCUT2D eigenvalue weighted by molar-refractivity contribution is 9.10. The molecule has 0 aliphatic heterocycles. The van der Waals surface area contributed by atoms with Crippen molar-refractivity contribution in [2.75, 3.05) is 11.4 Å². The van der Waals surface area contributed by atoms with Crippen LogP contribution in [-0.2, 0) is 17.8 Å². The zero-order chi connectivity index (χ0) is 25.6. The Kier molecular flexibility index (Phi) is 6.67. The minimum atomic E-state index is -2.47. The molecule has 1 atom stereocenters. The van der Waals surface area contributed by atoms with Crippen molar-refractivity contribution in [1.82, 2.24) is 5.32 Å². The number of nitrogens with one attached hydrogen (secondary N) is 1. The lowest BCUT2D eigenvalue weighted by Gasteiger charge is -2.23. The van der Waals surface area contributed by atoms with Crippen LogP contribution in [0.4, 0.5) is 14.5 Å². The Hall–Kier alpha value is -3.08. The second kappa shape index (κ2) is 9.76. The van der Waals surface area contributed by atoms with Crippen LogP contribution in [0.15, 0.2) is 63.5 Å². The highest BCUT2D eigenvalue weighted by atomic mass is 79.9. The SMILES string of the molecule is CNC(=O)c1c(-c2ccc(F)cc2)oc2cc(N(Cc3ccc(Br)cc3F)S(=O)O)c(C3CC3)cc12. The number of hydrogen-bond donors (Lipinski definition) is 2. The summed E-state index contributed by atoms with van der Waals surface area (Å²) in [6.07, 6.45) is 1.77. The van der Waals surface area contributed by atoms with E-state index in [1.165, 1.54) is 41.7 Å². The standard InChI is InChI=1S/C26H21BrF2N2O4S/c1-30-26(32)24-20-11-19(14-2-3-14)22(12-23(20)35-25(24)15-5-8-18(28)9-6-15)31(36(33)34)13-16-4-7-17(27)10-21(16)29/h4-12,14H,2-3,13H2,1H3,(H,30,32)(H,33,34). The Labute approximate surface area is 216 Å². The average Bonchev–Trinajstić information content (AvgIpc) is 3.63. The quantitative estimate of drug-likeness (QED) is 0.246. The number of fused-ring (bicyclic) bond motifs is 1. The molecule has 6 nitrogen and oxygen atoms in total. The van der Waals surface area contributed by atoms with Crippen molar-refractivity contribution in [2.45, 2.75) is 25.3 Å². The number of furan rings is 1. The van der Waals surface area contributed by atoms with Crippen LogP contribution in [0.5, 0.6) is 0 Å². The number of hydrogen-bond acceptors (Lipinski definition) is 3. The van der Waals surface area contributed by atoms with Gasteiger partial charge in [-0.15, -0.1) is 0 Å². The highest BCUT2D eigenvalue weighted by Crippen LogP contribution is 2.48. The molecule has 5 rings (SSSR count). The Morgan fingerprint density at radius 2 is 1.89 bits per heavy atom. The third-order valence-electron chi connectivity index (χ3n) is 6.20. The number of carbonyl (C=O) groups is 1. The van der Waals surface area contributed by atoms with Crippen LogP contribution in [0.25, 0.3) is 22.3 Å². The molecule has 3 aromatic carbocycles. The van der Waals surface area contributed by atoms with E-state index in [2.05, 4.69) is 21.2 Å². The van der Waals surface area contributed by atoms with Crippen molar-refractivity contribution in [2.24, 2.45) is 0 Å². The maximum Gasteiger partial charge on any atom is 0.262 e. The molecule has 1 amide bonds. The first kappa shape index (κ1) is 24.6. The van der Waals surface area contributed by atoms with Crippen LogP contribution in [0.1, 0.15) is 40.2 Å². The van der Waals surface area contributed by atoms with Gasteiger partial charge in [0.15, 0.2) is 0 Å². The van der Waals surface area contributed by atoms with Crippen LogP contribution >= 0.6 is 15.9 Å². The van der Waals surface area contributed by atoms with Crippen molar-refractivity contribution in [3.05, 3.63) is 87.4 Å². The average molecular weight is 575 g/mol. The number of anilines is 1. The fraction of sp³-hybridized carbons (Fsp3) is 0.192. The van der Waals surface area contributed by atoms with Gasteiger partial charge in [0.05, 0.1) is 17.8 Å². The number of rotatable bonds is 7. The van der Waals surface area contributed by atoms with Crippen LogP contribution in [0.3, 0.4) is 0 Å². The third-order valence-corrected chi connectivity index (χ3v) is 7.40. The van der Waals surface area contributed by atoms with Crippen LogP contribution in [0.2, 0.25) is 0 Å². The summed E-state index contributed by atoms with van der Waals surface area (Å²) >= 11 is 0.758. The molecule has 0 saturated heterocycles. The molecular formula is C26H21BrF2N2O4S. The molecule has 186 valence electrons. The molecule has 1 saturated carbocycles. The fourth-order valence-electron chi connectivity index (χ4n) is 4.27. The summed E-state index contributed by atoms with van der Waals surface area (Å²) in [5, 5.41) is 3.17. The minimum absolute atomic E-state index is 0.131. The Morgan fingerprint density at radius 1 is 1.17 bits per heavy atom. The summed E-state index contributed by atoms with van der Waals surface area (Å²) in [6.45, 7) is -0.152. The van der Waals surface area contributed by atoms with Crippen LogP contribution in [0, 0.1) is 11.6 Å². The largest absolute Gasteiger partial charge is 0.455 e. The molecule has 1 heterocycles. The molecule has 36 heavy (non-hydrogen) atoms. The number of halogens is 3. The molecule has 1 aliphatic rings. The predicted molar refractivity (Wildman–Crippen MR) is 138 cm³/mol. The van der Waals surface area contributed by atoms with Crippen molar-refractivity contribution in [3.63, 3.8) is 0 Å². The van der Waals surface area contributed by atoms with Crippen molar-refractivity contribution in [3.8, 4) is 11.3 Å². The zero-order valence-electron chi connectivity index (χ0n) is 19.1. The first-order chi connectivity index (χ1) is 17.3. The molecule has 2 N–H and O–H groups in total. The number of benzene rings is 3. The summed E-state index contributed by atoms with van der Waals surface area (Å²) in [5.41, 5.74) is 2.58. The highest BCUT2D eigenvalue weighted by Gasteiger charge is 2.32. The summed E-state index contributed by atoms with van der Waals surface area (Å²) in [7, 11) is 1.51. The second-order valence-corrected chi connectivity index (χ2v) is 10.4. The number of nitrogens with zero attached hydrogens (tertiary/aromatic N) is 1. The fourth-order valence-corrected chi connectivity index (χ4v) is 5.18. The molecule has 1 unspecified atom stereocenters. The van der Waals surface area contributed by atoms with Gasteiger partial charge < -0.3 is 9.73 Å². The van der Waals surface area contributed by atoms with Crippen molar-refractivity contribution in [1.29, 1.82) is 0 Å². The second-order valence-electron chi connectivity index (χ2n) is 8.58. The molecule has 0 radical (unpaired) electrons. The summed E-state index contributed by atoms with van der Waals surface area (Å²) in [5.74, 6) is -0.906. The van der Waals surface area contributed by atoms with E-state index in [1.54, 1.807) is 24.3 Å². The molecule has 1 aliphatic carbocycles. The van der Waals surface area contributed by atoms with Crippen molar-refractivity contribution < 1.29 is 26.8 Å². The van der Waals surface area contributed by atoms with Gasteiger partial charge in [-0.3, -0.25) is 13.7 Å². The van der Waals surface area contributed by atoms with Gasteiger partial charge >= 0.3 is 0 Å². The topological polar surface area (TPSA) is 82.8 Å². The van der Waals surface area contributed by atoms with E-state index < -0.39 is 22.9 Å². The minimum Gasteiger partial charge on any atom is -0.455 e.